The van der Waals surface area contributed by atoms with E-state index < -0.39 is 4.92 Å². The first-order valence-corrected chi connectivity index (χ1v) is 5.43. The van der Waals surface area contributed by atoms with E-state index in [1.54, 1.807) is 6.92 Å². The Morgan fingerprint density at radius 2 is 2.44 bits per heavy atom. The summed E-state index contributed by atoms with van der Waals surface area (Å²) in [5.41, 5.74) is 5.65. The average molecular weight is 227 g/mol. The quantitative estimate of drug-likeness (QED) is 0.447. The zero-order valence-electron chi connectivity index (χ0n) is 9.39. The average Bonchev–Trinajstić information content (AvgIpc) is 2.30. The van der Waals surface area contributed by atoms with Crippen LogP contribution in [-0.4, -0.2) is 24.0 Å². The molecule has 0 aromatic carbocycles. The second-order valence-corrected chi connectivity index (χ2v) is 3.62. The zero-order chi connectivity index (χ0) is 12.0. The Balaban J connectivity index is 2.67. The van der Waals surface area contributed by atoms with Gasteiger partial charge < -0.3 is 10.5 Å². The van der Waals surface area contributed by atoms with Crippen molar-refractivity contribution in [2.75, 3.05) is 6.61 Å². The lowest BCUT2D eigenvalue weighted by atomic mass is 10.2. The fourth-order valence-corrected chi connectivity index (χ4v) is 1.42. The third kappa shape index (κ3) is 3.62. The topological polar surface area (TPSA) is 90.8 Å². The van der Waals surface area contributed by atoms with E-state index in [1.807, 2.05) is 0 Å². The summed E-state index contributed by atoms with van der Waals surface area (Å²) in [6.07, 6.45) is 4.29. The van der Waals surface area contributed by atoms with Crippen LogP contribution in [0.25, 0.3) is 0 Å². The van der Waals surface area contributed by atoms with Gasteiger partial charge in [-0.1, -0.05) is 6.92 Å². The van der Waals surface area contributed by atoms with Gasteiger partial charge in [-0.05, 0) is 25.7 Å². The molecule has 1 aliphatic rings. The van der Waals surface area contributed by atoms with E-state index in [-0.39, 0.29) is 17.6 Å². The highest BCUT2D eigenvalue weighted by atomic mass is 16.6. The van der Waals surface area contributed by atoms with Crippen LogP contribution in [0.5, 0.6) is 0 Å². The Hall–Kier alpha value is -1.43. The van der Waals surface area contributed by atoms with Gasteiger partial charge in [-0.3, -0.25) is 15.1 Å². The number of hydrogen-bond donors (Lipinski definition) is 1. The fourth-order valence-electron chi connectivity index (χ4n) is 1.42. The minimum Gasteiger partial charge on any atom is -0.396 e. The molecule has 0 aliphatic carbocycles. The molecule has 1 heterocycles. The van der Waals surface area contributed by atoms with Crippen LogP contribution in [0.2, 0.25) is 0 Å². The SMILES string of the molecule is CCC(N)=C(C=NC1CCCCO1)[N+](=O)[O-]. The van der Waals surface area contributed by atoms with Gasteiger partial charge in [0.05, 0.1) is 10.6 Å². The van der Waals surface area contributed by atoms with Gasteiger partial charge in [-0.25, -0.2) is 0 Å². The summed E-state index contributed by atoms with van der Waals surface area (Å²) >= 11 is 0. The largest absolute Gasteiger partial charge is 0.396 e. The van der Waals surface area contributed by atoms with Gasteiger partial charge in [0.15, 0.2) is 0 Å². The van der Waals surface area contributed by atoms with Gasteiger partial charge in [0.2, 0.25) is 0 Å². The Bertz CT molecular complexity index is 306. The van der Waals surface area contributed by atoms with Gasteiger partial charge in [-0.15, -0.1) is 0 Å². The van der Waals surface area contributed by atoms with E-state index in [0.717, 1.165) is 19.3 Å². The molecule has 0 bridgehead atoms. The van der Waals surface area contributed by atoms with Crippen LogP contribution in [0.15, 0.2) is 16.4 Å². The fraction of sp³-hybridized carbons (Fsp3) is 0.700. The molecule has 1 aliphatic heterocycles. The molecule has 1 saturated heterocycles. The minimum absolute atomic E-state index is 0.128. The Morgan fingerprint density at radius 3 is 2.94 bits per heavy atom. The Labute approximate surface area is 94.3 Å². The minimum atomic E-state index is -0.509. The predicted molar refractivity (Wildman–Crippen MR) is 60.6 cm³/mol. The van der Waals surface area contributed by atoms with Crippen molar-refractivity contribution in [1.29, 1.82) is 0 Å². The summed E-state index contributed by atoms with van der Waals surface area (Å²) in [6, 6.07) is 0. The van der Waals surface area contributed by atoms with Crippen LogP contribution in [0.3, 0.4) is 0 Å². The van der Waals surface area contributed by atoms with Crippen molar-refractivity contribution in [3.8, 4) is 0 Å². The van der Waals surface area contributed by atoms with Gasteiger partial charge in [-0.2, -0.15) is 0 Å². The molecule has 0 saturated carbocycles. The summed E-state index contributed by atoms with van der Waals surface area (Å²) in [5, 5.41) is 10.7. The highest BCUT2D eigenvalue weighted by molar-refractivity contribution is 5.76. The summed E-state index contributed by atoms with van der Waals surface area (Å²) in [7, 11) is 0. The van der Waals surface area contributed by atoms with Crippen LogP contribution in [0, 0.1) is 10.1 Å². The van der Waals surface area contributed by atoms with E-state index in [0.29, 0.717) is 13.0 Å². The van der Waals surface area contributed by atoms with Crippen molar-refractivity contribution in [2.45, 2.75) is 38.8 Å². The molecule has 0 amide bonds. The van der Waals surface area contributed by atoms with Crippen molar-refractivity contribution in [3.63, 3.8) is 0 Å². The first-order chi connectivity index (χ1) is 7.65. The molecule has 0 radical (unpaired) electrons. The maximum Gasteiger partial charge on any atom is 0.305 e. The van der Waals surface area contributed by atoms with Gasteiger partial charge in [0.25, 0.3) is 0 Å². The highest BCUT2D eigenvalue weighted by Crippen LogP contribution is 2.13. The van der Waals surface area contributed by atoms with Crippen molar-refractivity contribution in [2.24, 2.45) is 10.7 Å². The van der Waals surface area contributed by atoms with E-state index >= 15 is 0 Å². The molecule has 2 N–H and O–H groups in total. The van der Waals surface area contributed by atoms with E-state index in [4.69, 9.17) is 10.5 Å². The number of nitro groups is 1. The zero-order valence-corrected chi connectivity index (χ0v) is 9.39. The molecular weight excluding hydrogens is 210 g/mol. The van der Waals surface area contributed by atoms with Gasteiger partial charge >= 0.3 is 5.70 Å². The molecule has 1 rings (SSSR count). The summed E-state index contributed by atoms with van der Waals surface area (Å²) < 4.78 is 5.34. The molecule has 0 aromatic rings. The van der Waals surface area contributed by atoms with Crippen LogP contribution in [-0.2, 0) is 4.74 Å². The molecule has 1 atom stereocenters. The second-order valence-electron chi connectivity index (χ2n) is 3.62. The van der Waals surface area contributed by atoms with E-state index in [1.165, 1.54) is 6.21 Å². The third-order valence-electron chi connectivity index (χ3n) is 2.43. The van der Waals surface area contributed by atoms with E-state index in [2.05, 4.69) is 4.99 Å². The Morgan fingerprint density at radius 1 is 1.69 bits per heavy atom. The number of nitrogens with zero attached hydrogens (tertiary/aromatic N) is 2. The molecule has 16 heavy (non-hydrogen) atoms. The first kappa shape index (κ1) is 12.6. The van der Waals surface area contributed by atoms with E-state index in [9.17, 15) is 10.1 Å². The maximum absolute atomic E-state index is 10.7. The standard InChI is InChI=1S/C10H17N3O3/c1-2-8(11)9(13(14)15)7-12-10-5-3-4-6-16-10/h7,10H,2-6,11H2,1H3. The molecule has 1 fully saturated rings. The summed E-state index contributed by atoms with van der Waals surface area (Å²) in [4.78, 5) is 14.2. The Kier molecular flexibility index (Phi) is 4.91. The van der Waals surface area contributed by atoms with Crippen LogP contribution < -0.4 is 5.73 Å². The molecule has 0 spiro atoms. The lowest BCUT2D eigenvalue weighted by molar-refractivity contribution is -0.415. The number of ether oxygens (including phenoxy) is 1. The van der Waals surface area contributed by atoms with Crippen molar-refractivity contribution >= 4 is 6.21 Å². The summed E-state index contributed by atoms with van der Waals surface area (Å²) in [5.74, 6) is 0. The molecule has 90 valence electrons. The second kappa shape index (κ2) is 6.22. The number of rotatable bonds is 4. The lowest BCUT2D eigenvalue weighted by Gasteiger charge is -2.18. The normalized spacial score (nSPS) is 23.2. The number of nitrogens with two attached hydrogens (primary N) is 1. The van der Waals surface area contributed by atoms with Gasteiger partial charge in [0, 0.05) is 6.61 Å². The van der Waals surface area contributed by atoms with Crippen LogP contribution in [0.4, 0.5) is 0 Å². The molecule has 1 unspecified atom stereocenters. The molecule has 0 aromatic heterocycles. The number of allylic oxidation sites excluding steroid dienone is 2. The molecule has 6 nitrogen and oxygen atoms in total. The summed E-state index contributed by atoms with van der Waals surface area (Å²) in [6.45, 7) is 2.44. The monoisotopic (exact) mass is 227 g/mol. The van der Waals surface area contributed by atoms with Crippen LogP contribution >= 0.6 is 0 Å². The van der Waals surface area contributed by atoms with Crippen molar-refractivity contribution in [1.82, 2.24) is 0 Å². The molecule has 6 heteroatoms. The van der Waals surface area contributed by atoms with Crippen LogP contribution in [0.1, 0.15) is 32.6 Å². The lowest BCUT2D eigenvalue weighted by Crippen LogP contribution is -2.18. The third-order valence-corrected chi connectivity index (χ3v) is 2.43. The maximum atomic E-state index is 10.7. The van der Waals surface area contributed by atoms with Crippen molar-refractivity contribution < 1.29 is 9.66 Å². The number of aliphatic imine (C=N–C) groups is 1. The smallest absolute Gasteiger partial charge is 0.305 e. The van der Waals surface area contributed by atoms with Crippen molar-refractivity contribution in [3.05, 3.63) is 21.5 Å². The highest BCUT2D eigenvalue weighted by Gasteiger charge is 2.15. The predicted octanol–water partition coefficient (Wildman–Crippen LogP) is 1.44. The number of hydrogen-bond acceptors (Lipinski definition) is 5. The first-order valence-electron chi connectivity index (χ1n) is 5.43. The molecular formula is C10H17N3O3. The van der Waals surface area contributed by atoms with Gasteiger partial charge in [0.1, 0.15) is 12.4 Å².